The van der Waals surface area contributed by atoms with Crippen molar-refractivity contribution in [1.82, 2.24) is 10.6 Å². The quantitative estimate of drug-likeness (QED) is 0.760. The summed E-state index contributed by atoms with van der Waals surface area (Å²) in [6.07, 6.45) is 3.58. The molecule has 100 valence electrons. The number of hydrogen-bond acceptors (Lipinski definition) is 3. The lowest BCUT2D eigenvalue weighted by Crippen LogP contribution is -2.28. The molecule has 1 aromatic rings. The Kier molecular flexibility index (Phi) is 4.07. The smallest absolute Gasteiger partial charge is 0.255 e. The molecule has 0 saturated heterocycles. The van der Waals surface area contributed by atoms with Crippen molar-refractivity contribution < 1.29 is 9.21 Å². The summed E-state index contributed by atoms with van der Waals surface area (Å²) in [5, 5.41) is 6.38. The second-order valence-corrected chi connectivity index (χ2v) is 5.05. The molecule has 4 nitrogen and oxygen atoms in total. The van der Waals surface area contributed by atoms with Gasteiger partial charge in [0.2, 0.25) is 0 Å². The zero-order valence-electron chi connectivity index (χ0n) is 11.4. The van der Waals surface area contributed by atoms with Gasteiger partial charge in [-0.15, -0.1) is 0 Å². The largest absolute Gasteiger partial charge is 0.466 e. The molecule has 0 atom stereocenters. The van der Waals surface area contributed by atoms with Crippen molar-refractivity contribution in [2.45, 2.75) is 46.1 Å². The summed E-state index contributed by atoms with van der Waals surface area (Å²) in [7, 11) is 0. The van der Waals surface area contributed by atoms with Crippen molar-refractivity contribution in [3.05, 3.63) is 22.6 Å². The summed E-state index contributed by atoms with van der Waals surface area (Å²) in [5.74, 6) is 1.51. The average molecular weight is 250 g/mol. The maximum Gasteiger partial charge on any atom is 0.255 e. The van der Waals surface area contributed by atoms with Crippen LogP contribution in [0, 0.1) is 20.8 Å². The third-order valence-electron chi connectivity index (χ3n) is 3.44. The molecule has 18 heavy (non-hydrogen) atoms. The van der Waals surface area contributed by atoms with Gasteiger partial charge in [0.25, 0.3) is 5.91 Å². The van der Waals surface area contributed by atoms with Gasteiger partial charge in [0.15, 0.2) is 0 Å². The summed E-state index contributed by atoms with van der Waals surface area (Å²) in [6, 6.07) is 0.738. The van der Waals surface area contributed by atoms with E-state index >= 15 is 0 Å². The van der Waals surface area contributed by atoms with Gasteiger partial charge in [-0.05, 0) is 46.6 Å². The van der Waals surface area contributed by atoms with E-state index in [1.807, 2.05) is 20.8 Å². The molecule has 0 bridgehead atoms. The summed E-state index contributed by atoms with van der Waals surface area (Å²) in [4.78, 5) is 12.0. The Morgan fingerprint density at radius 2 is 1.94 bits per heavy atom. The summed E-state index contributed by atoms with van der Waals surface area (Å²) in [5.41, 5.74) is 1.64. The van der Waals surface area contributed by atoms with Gasteiger partial charge in [-0.1, -0.05) is 0 Å². The second-order valence-electron chi connectivity index (χ2n) is 5.05. The molecule has 0 radical (unpaired) electrons. The molecule has 0 spiro atoms. The van der Waals surface area contributed by atoms with Crippen molar-refractivity contribution in [2.75, 3.05) is 13.1 Å². The fourth-order valence-corrected chi connectivity index (χ4v) is 2.10. The minimum Gasteiger partial charge on any atom is -0.466 e. The van der Waals surface area contributed by atoms with Gasteiger partial charge in [0, 0.05) is 18.2 Å². The van der Waals surface area contributed by atoms with E-state index in [0.29, 0.717) is 17.9 Å². The first-order chi connectivity index (χ1) is 8.59. The molecule has 4 heteroatoms. The lowest BCUT2D eigenvalue weighted by molar-refractivity contribution is 0.0951. The molecule has 2 rings (SSSR count). The fourth-order valence-electron chi connectivity index (χ4n) is 2.10. The van der Waals surface area contributed by atoms with Gasteiger partial charge in [0.05, 0.1) is 5.56 Å². The van der Waals surface area contributed by atoms with Gasteiger partial charge in [-0.2, -0.15) is 0 Å². The maximum atomic E-state index is 12.0. The van der Waals surface area contributed by atoms with E-state index in [4.69, 9.17) is 4.42 Å². The van der Waals surface area contributed by atoms with E-state index in [1.54, 1.807) is 0 Å². The van der Waals surface area contributed by atoms with Crippen LogP contribution in [0.4, 0.5) is 0 Å². The lowest BCUT2D eigenvalue weighted by Gasteiger charge is -2.06. The molecular weight excluding hydrogens is 228 g/mol. The van der Waals surface area contributed by atoms with Crippen LogP contribution in [-0.2, 0) is 0 Å². The van der Waals surface area contributed by atoms with Crippen LogP contribution < -0.4 is 10.6 Å². The number of furan rings is 1. The summed E-state index contributed by atoms with van der Waals surface area (Å²) in [6.45, 7) is 7.34. The van der Waals surface area contributed by atoms with Crippen LogP contribution in [-0.4, -0.2) is 25.0 Å². The molecular formula is C14H22N2O2. The van der Waals surface area contributed by atoms with Crippen LogP contribution in [0.3, 0.4) is 0 Å². The van der Waals surface area contributed by atoms with Crippen LogP contribution in [0.15, 0.2) is 4.42 Å². The van der Waals surface area contributed by atoms with Gasteiger partial charge in [0.1, 0.15) is 11.5 Å². The molecule has 2 N–H and O–H groups in total. The maximum absolute atomic E-state index is 12.0. The van der Waals surface area contributed by atoms with Crippen molar-refractivity contribution in [2.24, 2.45) is 0 Å². The van der Waals surface area contributed by atoms with E-state index in [1.165, 1.54) is 12.8 Å². The molecule has 1 aromatic heterocycles. The van der Waals surface area contributed by atoms with Gasteiger partial charge < -0.3 is 15.1 Å². The predicted molar refractivity (Wildman–Crippen MR) is 70.9 cm³/mol. The number of hydrogen-bond donors (Lipinski definition) is 2. The first-order valence-electron chi connectivity index (χ1n) is 6.67. The monoisotopic (exact) mass is 250 g/mol. The zero-order chi connectivity index (χ0) is 13.1. The first-order valence-corrected chi connectivity index (χ1v) is 6.67. The van der Waals surface area contributed by atoms with Crippen molar-refractivity contribution >= 4 is 5.91 Å². The first kappa shape index (κ1) is 13.1. The predicted octanol–water partition coefficient (Wildman–Crippen LogP) is 2.08. The molecule has 0 aromatic carbocycles. The number of rotatable bonds is 6. The molecule has 1 fully saturated rings. The molecule has 1 saturated carbocycles. The molecule has 0 unspecified atom stereocenters. The highest BCUT2D eigenvalue weighted by Crippen LogP contribution is 2.20. The Hall–Kier alpha value is -1.29. The Labute approximate surface area is 108 Å². The van der Waals surface area contributed by atoms with Gasteiger partial charge in [-0.3, -0.25) is 4.79 Å². The van der Waals surface area contributed by atoms with Crippen LogP contribution in [0.1, 0.15) is 46.7 Å². The second kappa shape index (κ2) is 5.57. The van der Waals surface area contributed by atoms with E-state index < -0.39 is 0 Å². The van der Waals surface area contributed by atoms with Gasteiger partial charge >= 0.3 is 0 Å². The minimum absolute atomic E-state index is 0.0201. The highest BCUT2D eigenvalue weighted by Gasteiger charge is 2.20. The Balaban J connectivity index is 1.76. The van der Waals surface area contributed by atoms with E-state index in [9.17, 15) is 4.79 Å². The molecule has 0 aliphatic heterocycles. The number of nitrogens with one attached hydrogen (secondary N) is 2. The molecule has 1 aliphatic carbocycles. The van der Waals surface area contributed by atoms with E-state index in [0.717, 1.165) is 30.3 Å². The van der Waals surface area contributed by atoms with Crippen molar-refractivity contribution in [1.29, 1.82) is 0 Å². The zero-order valence-corrected chi connectivity index (χ0v) is 11.4. The van der Waals surface area contributed by atoms with E-state index in [2.05, 4.69) is 10.6 Å². The molecule has 1 heterocycles. The normalized spacial score (nSPS) is 14.8. The molecule has 1 amide bonds. The topological polar surface area (TPSA) is 54.3 Å². The third-order valence-corrected chi connectivity index (χ3v) is 3.44. The lowest BCUT2D eigenvalue weighted by atomic mass is 10.1. The fraction of sp³-hybridized carbons (Fsp3) is 0.643. The highest BCUT2D eigenvalue weighted by molar-refractivity contribution is 5.96. The Morgan fingerprint density at radius 1 is 1.22 bits per heavy atom. The number of amides is 1. The van der Waals surface area contributed by atoms with Crippen LogP contribution in [0.5, 0.6) is 0 Å². The van der Waals surface area contributed by atoms with Crippen LogP contribution in [0.25, 0.3) is 0 Å². The Morgan fingerprint density at radius 3 is 2.50 bits per heavy atom. The van der Waals surface area contributed by atoms with Crippen molar-refractivity contribution in [3.63, 3.8) is 0 Å². The summed E-state index contributed by atoms with van der Waals surface area (Å²) >= 11 is 0. The average Bonchev–Trinajstić information content (AvgIpc) is 3.08. The van der Waals surface area contributed by atoms with Crippen molar-refractivity contribution in [3.8, 4) is 0 Å². The minimum atomic E-state index is -0.0201. The molecule has 1 aliphatic rings. The number of carbonyl (C=O) groups excluding carboxylic acids is 1. The van der Waals surface area contributed by atoms with E-state index in [-0.39, 0.29) is 5.91 Å². The standard InChI is InChI=1S/C14H22N2O2/c1-9-10(2)18-11(3)13(9)14(17)16-8-4-7-15-12-5-6-12/h12,15H,4-8H2,1-3H3,(H,16,17). The Bertz CT molecular complexity index is 433. The van der Waals surface area contributed by atoms with Crippen LogP contribution in [0.2, 0.25) is 0 Å². The third kappa shape index (κ3) is 3.13. The SMILES string of the molecule is Cc1oc(C)c(C(=O)NCCCNC2CC2)c1C. The number of carbonyl (C=O) groups is 1. The summed E-state index contributed by atoms with van der Waals surface area (Å²) < 4.78 is 5.46. The van der Waals surface area contributed by atoms with Crippen LogP contribution >= 0.6 is 0 Å². The highest BCUT2D eigenvalue weighted by atomic mass is 16.3. The number of aryl methyl sites for hydroxylation is 2. The van der Waals surface area contributed by atoms with Gasteiger partial charge in [-0.25, -0.2) is 0 Å².